The molecule has 0 aliphatic carbocycles. The lowest BCUT2D eigenvalue weighted by Gasteiger charge is -2.22. The van der Waals surface area contributed by atoms with Crippen LogP contribution in [0.5, 0.6) is 11.5 Å². The van der Waals surface area contributed by atoms with E-state index in [1.54, 1.807) is 23.1 Å². The molecular weight excluding hydrogens is 398 g/mol. The number of fused-ring (bicyclic) bond motifs is 1. The molecule has 1 saturated heterocycles. The van der Waals surface area contributed by atoms with Crippen LogP contribution in [-0.4, -0.2) is 40.0 Å². The SMILES string of the molecule is NS(=O)(=O)c1ccc(NC(=O)[C@H]2CC(=O)N(c3ccc4c(c3)OCCO4)C2)cc1. The summed E-state index contributed by atoms with van der Waals surface area (Å²) in [5.74, 6) is 0.190. The molecule has 0 aromatic heterocycles. The maximum Gasteiger partial charge on any atom is 0.238 e. The van der Waals surface area contributed by atoms with Gasteiger partial charge in [-0.05, 0) is 36.4 Å². The molecular formula is C19H19N3O6S. The highest BCUT2D eigenvalue weighted by Crippen LogP contribution is 2.36. The zero-order chi connectivity index (χ0) is 20.6. The molecule has 0 spiro atoms. The molecule has 2 heterocycles. The molecule has 2 aromatic rings. The summed E-state index contributed by atoms with van der Waals surface area (Å²) in [6.07, 6.45) is 0.0789. The number of nitrogens with one attached hydrogen (secondary N) is 1. The standard InChI is InChI=1S/C19H19N3O6S/c20-29(25,26)15-4-1-13(2-5-15)21-19(24)12-9-18(23)22(11-12)14-3-6-16-17(10-14)28-8-7-27-16/h1-6,10,12H,7-9,11H2,(H,21,24)(H2,20,25,26)/t12-/m0/s1. The van der Waals surface area contributed by atoms with Gasteiger partial charge in [-0.25, -0.2) is 13.6 Å². The first-order valence-corrected chi connectivity index (χ1v) is 10.5. The monoisotopic (exact) mass is 417 g/mol. The average molecular weight is 417 g/mol. The summed E-state index contributed by atoms with van der Waals surface area (Å²) < 4.78 is 33.6. The van der Waals surface area contributed by atoms with Crippen molar-refractivity contribution in [1.82, 2.24) is 0 Å². The molecule has 2 aliphatic heterocycles. The molecule has 2 aromatic carbocycles. The second-order valence-electron chi connectivity index (χ2n) is 6.79. The van der Waals surface area contributed by atoms with Crippen molar-refractivity contribution in [3.8, 4) is 11.5 Å². The Morgan fingerprint density at radius 2 is 1.76 bits per heavy atom. The average Bonchev–Trinajstić information content (AvgIpc) is 3.09. The van der Waals surface area contributed by atoms with Gasteiger partial charge in [0.05, 0.1) is 10.8 Å². The summed E-state index contributed by atoms with van der Waals surface area (Å²) in [7, 11) is -3.80. The first kappa shape index (κ1) is 19.2. The number of nitrogens with two attached hydrogens (primary N) is 1. The van der Waals surface area contributed by atoms with Crippen molar-refractivity contribution in [2.24, 2.45) is 11.1 Å². The second kappa shape index (κ2) is 7.37. The van der Waals surface area contributed by atoms with Crippen LogP contribution in [0.15, 0.2) is 47.4 Å². The number of amides is 2. The smallest absolute Gasteiger partial charge is 0.238 e. The Morgan fingerprint density at radius 3 is 2.45 bits per heavy atom. The molecule has 1 atom stereocenters. The summed E-state index contributed by atoms with van der Waals surface area (Å²) in [6.45, 7) is 1.16. The van der Waals surface area contributed by atoms with E-state index in [9.17, 15) is 18.0 Å². The van der Waals surface area contributed by atoms with Gasteiger partial charge in [0.15, 0.2) is 11.5 Å². The van der Waals surface area contributed by atoms with Crippen LogP contribution in [0.1, 0.15) is 6.42 Å². The number of ether oxygens (including phenoxy) is 2. The fourth-order valence-corrected chi connectivity index (χ4v) is 3.82. The van der Waals surface area contributed by atoms with Crippen LogP contribution >= 0.6 is 0 Å². The number of carbonyl (C=O) groups is 2. The highest BCUT2D eigenvalue weighted by atomic mass is 32.2. The maximum absolute atomic E-state index is 12.6. The molecule has 1 fully saturated rings. The third-order valence-corrected chi connectivity index (χ3v) is 5.71. The fourth-order valence-electron chi connectivity index (χ4n) is 3.30. The first-order chi connectivity index (χ1) is 13.8. The van der Waals surface area contributed by atoms with Crippen LogP contribution in [0.25, 0.3) is 0 Å². The number of hydrogen-bond donors (Lipinski definition) is 2. The highest BCUT2D eigenvalue weighted by Gasteiger charge is 2.35. The van der Waals surface area contributed by atoms with Gasteiger partial charge in [0.2, 0.25) is 21.8 Å². The van der Waals surface area contributed by atoms with Crippen LogP contribution in [0.3, 0.4) is 0 Å². The van der Waals surface area contributed by atoms with E-state index in [0.29, 0.717) is 36.1 Å². The Bertz CT molecular complexity index is 1070. The number of primary sulfonamides is 1. The first-order valence-electron chi connectivity index (χ1n) is 8.95. The molecule has 4 rings (SSSR count). The van der Waals surface area contributed by atoms with Gasteiger partial charge in [-0.3, -0.25) is 9.59 Å². The minimum Gasteiger partial charge on any atom is -0.486 e. The van der Waals surface area contributed by atoms with E-state index < -0.39 is 15.9 Å². The topological polar surface area (TPSA) is 128 Å². The molecule has 29 heavy (non-hydrogen) atoms. The van der Waals surface area contributed by atoms with Crippen molar-refractivity contribution in [2.75, 3.05) is 30.0 Å². The number of rotatable bonds is 4. The minimum atomic E-state index is -3.80. The number of carbonyl (C=O) groups excluding carboxylic acids is 2. The van der Waals surface area contributed by atoms with E-state index >= 15 is 0 Å². The Morgan fingerprint density at radius 1 is 1.07 bits per heavy atom. The van der Waals surface area contributed by atoms with Crippen LogP contribution in [0.2, 0.25) is 0 Å². The van der Waals surface area contributed by atoms with Gasteiger partial charge >= 0.3 is 0 Å². The summed E-state index contributed by atoms with van der Waals surface area (Å²) in [5.41, 5.74) is 1.07. The molecule has 152 valence electrons. The number of nitrogens with zero attached hydrogens (tertiary/aromatic N) is 1. The van der Waals surface area contributed by atoms with Gasteiger partial charge in [0, 0.05) is 30.4 Å². The predicted molar refractivity (Wildman–Crippen MR) is 104 cm³/mol. The maximum atomic E-state index is 12.6. The normalized spacial score (nSPS) is 18.6. The molecule has 0 radical (unpaired) electrons. The Kier molecular flexibility index (Phi) is 4.89. The third kappa shape index (κ3) is 4.03. The van der Waals surface area contributed by atoms with Crippen molar-refractivity contribution >= 4 is 33.2 Å². The second-order valence-corrected chi connectivity index (χ2v) is 8.35. The Balaban J connectivity index is 1.44. The molecule has 2 amide bonds. The van der Waals surface area contributed by atoms with E-state index in [0.717, 1.165) is 0 Å². The van der Waals surface area contributed by atoms with Crippen molar-refractivity contribution in [3.05, 3.63) is 42.5 Å². The van der Waals surface area contributed by atoms with Gasteiger partial charge in [0.25, 0.3) is 0 Å². The molecule has 0 unspecified atom stereocenters. The van der Waals surface area contributed by atoms with Crippen molar-refractivity contribution in [1.29, 1.82) is 0 Å². The lowest BCUT2D eigenvalue weighted by atomic mass is 10.1. The van der Waals surface area contributed by atoms with Crippen molar-refractivity contribution in [3.63, 3.8) is 0 Å². The Labute approximate surface area is 167 Å². The van der Waals surface area contributed by atoms with Gasteiger partial charge in [0.1, 0.15) is 13.2 Å². The quantitative estimate of drug-likeness (QED) is 0.767. The van der Waals surface area contributed by atoms with E-state index in [4.69, 9.17) is 14.6 Å². The van der Waals surface area contributed by atoms with Gasteiger partial charge in [-0.1, -0.05) is 0 Å². The number of hydrogen-bond acceptors (Lipinski definition) is 6. The van der Waals surface area contributed by atoms with E-state index in [1.807, 2.05) is 0 Å². The summed E-state index contributed by atoms with van der Waals surface area (Å²) >= 11 is 0. The van der Waals surface area contributed by atoms with Crippen molar-refractivity contribution < 1.29 is 27.5 Å². The zero-order valence-electron chi connectivity index (χ0n) is 15.3. The molecule has 3 N–H and O–H groups in total. The van der Waals surface area contributed by atoms with Gasteiger partial charge in [-0.2, -0.15) is 0 Å². The predicted octanol–water partition coefficient (Wildman–Crippen LogP) is 1.10. The lowest BCUT2D eigenvalue weighted by molar-refractivity contribution is -0.122. The number of sulfonamides is 1. The third-order valence-electron chi connectivity index (χ3n) is 4.78. The summed E-state index contributed by atoms with van der Waals surface area (Å²) in [5, 5.41) is 7.77. The number of anilines is 2. The van der Waals surface area contributed by atoms with E-state index in [-0.39, 0.29) is 29.7 Å². The largest absolute Gasteiger partial charge is 0.486 e. The summed E-state index contributed by atoms with van der Waals surface area (Å²) in [4.78, 5) is 26.5. The Hall–Kier alpha value is -3.11. The van der Waals surface area contributed by atoms with Crippen LogP contribution < -0.4 is 24.8 Å². The van der Waals surface area contributed by atoms with Crippen LogP contribution in [0, 0.1) is 5.92 Å². The molecule has 2 aliphatic rings. The number of benzene rings is 2. The van der Waals surface area contributed by atoms with Crippen LogP contribution in [0.4, 0.5) is 11.4 Å². The molecule has 0 saturated carbocycles. The van der Waals surface area contributed by atoms with E-state index in [2.05, 4.69) is 5.32 Å². The minimum absolute atomic E-state index is 0.0451. The van der Waals surface area contributed by atoms with Gasteiger partial charge < -0.3 is 19.7 Å². The lowest BCUT2D eigenvalue weighted by Crippen LogP contribution is -2.28. The van der Waals surface area contributed by atoms with Crippen LogP contribution in [-0.2, 0) is 19.6 Å². The molecule has 10 heteroatoms. The molecule has 0 bridgehead atoms. The zero-order valence-corrected chi connectivity index (χ0v) is 16.1. The highest BCUT2D eigenvalue weighted by molar-refractivity contribution is 7.89. The molecule has 9 nitrogen and oxygen atoms in total. The van der Waals surface area contributed by atoms with E-state index in [1.165, 1.54) is 24.3 Å². The summed E-state index contributed by atoms with van der Waals surface area (Å²) in [6, 6.07) is 10.8. The fraction of sp³-hybridized carbons (Fsp3) is 0.263. The van der Waals surface area contributed by atoms with Crippen molar-refractivity contribution in [2.45, 2.75) is 11.3 Å². The van der Waals surface area contributed by atoms with Gasteiger partial charge in [-0.15, -0.1) is 0 Å².